The molecule has 3 rings (SSSR count). The largest absolute Gasteiger partial charge is 0.416 e. The van der Waals surface area contributed by atoms with E-state index in [1.807, 2.05) is 0 Å². The summed E-state index contributed by atoms with van der Waals surface area (Å²) in [6.45, 7) is 12.6. The molecule has 146 valence electrons. The SMILES string of the molecule is COCN1c2cc(CCO[Si](C)(C)C(C)(C)C)ccc2Sc2nccnc21. The highest BCUT2D eigenvalue weighted by Gasteiger charge is 2.36. The molecule has 2 aromatic rings. The number of fused-ring (bicyclic) bond motifs is 2. The molecule has 0 aliphatic carbocycles. The highest BCUT2D eigenvalue weighted by Crippen LogP contribution is 2.46. The molecular weight excluding hydrogens is 374 g/mol. The van der Waals surface area contributed by atoms with E-state index in [0.29, 0.717) is 6.73 Å². The number of rotatable bonds is 6. The first-order valence-corrected chi connectivity index (χ1v) is 13.0. The molecule has 7 heteroatoms. The van der Waals surface area contributed by atoms with Gasteiger partial charge in [0.2, 0.25) is 0 Å². The van der Waals surface area contributed by atoms with Crippen LogP contribution in [0.4, 0.5) is 11.5 Å². The van der Waals surface area contributed by atoms with Gasteiger partial charge in [0.15, 0.2) is 14.1 Å². The Morgan fingerprint density at radius 1 is 1.15 bits per heavy atom. The smallest absolute Gasteiger partial charge is 0.191 e. The van der Waals surface area contributed by atoms with Crippen molar-refractivity contribution in [1.29, 1.82) is 0 Å². The van der Waals surface area contributed by atoms with Crippen LogP contribution in [-0.4, -0.2) is 38.7 Å². The molecule has 1 aromatic carbocycles. The van der Waals surface area contributed by atoms with E-state index in [1.165, 1.54) is 10.5 Å². The average Bonchev–Trinajstić information content (AvgIpc) is 2.61. The molecule has 2 heterocycles. The van der Waals surface area contributed by atoms with Crippen LogP contribution in [0.25, 0.3) is 0 Å². The maximum absolute atomic E-state index is 6.35. The lowest BCUT2D eigenvalue weighted by molar-refractivity contribution is 0.204. The normalized spacial score (nSPS) is 14.1. The summed E-state index contributed by atoms with van der Waals surface area (Å²) >= 11 is 1.66. The number of benzene rings is 1. The highest BCUT2D eigenvalue weighted by molar-refractivity contribution is 7.99. The van der Waals surface area contributed by atoms with Crippen LogP contribution in [0.5, 0.6) is 0 Å². The summed E-state index contributed by atoms with van der Waals surface area (Å²) in [5.74, 6) is 0.853. The topological polar surface area (TPSA) is 47.5 Å². The second-order valence-electron chi connectivity index (χ2n) is 8.29. The molecule has 0 radical (unpaired) electrons. The Morgan fingerprint density at radius 2 is 1.89 bits per heavy atom. The first-order chi connectivity index (χ1) is 12.7. The van der Waals surface area contributed by atoms with E-state index in [1.54, 1.807) is 31.3 Å². The Kier molecular flexibility index (Phi) is 5.95. The lowest BCUT2D eigenvalue weighted by Crippen LogP contribution is -2.41. The quantitative estimate of drug-likeness (QED) is 0.614. The summed E-state index contributed by atoms with van der Waals surface area (Å²) < 4.78 is 11.8. The van der Waals surface area contributed by atoms with E-state index in [9.17, 15) is 0 Å². The van der Waals surface area contributed by atoms with Gasteiger partial charge in [0.1, 0.15) is 11.8 Å². The van der Waals surface area contributed by atoms with Crippen LogP contribution in [0.3, 0.4) is 0 Å². The molecule has 5 nitrogen and oxygen atoms in total. The predicted octanol–water partition coefficient (Wildman–Crippen LogP) is 5.25. The van der Waals surface area contributed by atoms with Crippen LogP contribution in [0.1, 0.15) is 26.3 Å². The molecule has 27 heavy (non-hydrogen) atoms. The van der Waals surface area contributed by atoms with Crippen molar-refractivity contribution in [2.45, 2.75) is 55.2 Å². The van der Waals surface area contributed by atoms with Gasteiger partial charge in [-0.2, -0.15) is 0 Å². The minimum Gasteiger partial charge on any atom is -0.416 e. The number of ether oxygens (including phenoxy) is 1. The number of nitrogens with zero attached hydrogens (tertiary/aromatic N) is 3. The number of anilines is 2. The Hall–Kier alpha value is -1.41. The van der Waals surface area contributed by atoms with Crippen molar-refractivity contribution in [3.63, 3.8) is 0 Å². The Bertz CT molecular complexity index is 808. The molecule has 0 N–H and O–H groups in total. The molecular formula is C20H29N3O2SSi. The third kappa shape index (κ3) is 4.37. The minimum absolute atomic E-state index is 0.233. The van der Waals surface area contributed by atoms with Gasteiger partial charge in [-0.1, -0.05) is 38.6 Å². The fraction of sp³-hybridized carbons (Fsp3) is 0.500. The van der Waals surface area contributed by atoms with E-state index in [2.05, 4.69) is 66.9 Å². The van der Waals surface area contributed by atoms with Crippen LogP contribution in [0, 0.1) is 0 Å². The Labute approximate surface area is 167 Å². The molecule has 0 unspecified atom stereocenters. The van der Waals surface area contributed by atoms with Gasteiger partial charge in [-0.15, -0.1) is 0 Å². The lowest BCUT2D eigenvalue weighted by Gasteiger charge is -2.36. The zero-order chi connectivity index (χ0) is 19.7. The summed E-state index contributed by atoms with van der Waals surface area (Å²) in [6.07, 6.45) is 4.36. The van der Waals surface area contributed by atoms with Crippen LogP contribution in [0.15, 0.2) is 40.5 Å². The van der Waals surface area contributed by atoms with Crippen LogP contribution in [-0.2, 0) is 15.6 Å². The lowest BCUT2D eigenvalue weighted by atomic mass is 10.1. The van der Waals surface area contributed by atoms with Gasteiger partial charge in [-0.05, 0) is 42.2 Å². The summed E-state index contributed by atoms with van der Waals surface area (Å²) in [5, 5.41) is 1.15. The minimum atomic E-state index is -1.71. The predicted molar refractivity (Wildman–Crippen MR) is 113 cm³/mol. The Morgan fingerprint density at radius 3 is 2.59 bits per heavy atom. The van der Waals surface area contributed by atoms with Crippen molar-refractivity contribution in [2.24, 2.45) is 0 Å². The van der Waals surface area contributed by atoms with Gasteiger partial charge in [-0.3, -0.25) is 4.90 Å². The van der Waals surface area contributed by atoms with Crippen LogP contribution in [0.2, 0.25) is 18.1 Å². The standard InChI is InChI=1S/C20H29N3O2SSi/c1-20(2,3)27(5,6)25-12-9-15-7-8-17-16(13-15)23(14-24-4)18-19(26-17)22-11-10-21-18/h7-8,10-11,13H,9,12,14H2,1-6H3. The van der Waals surface area contributed by atoms with E-state index in [4.69, 9.17) is 9.16 Å². The van der Waals surface area contributed by atoms with E-state index < -0.39 is 8.32 Å². The zero-order valence-corrected chi connectivity index (χ0v) is 18.9. The first kappa shape index (κ1) is 20.3. The summed E-state index contributed by atoms with van der Waals surface area (Å²) in [5.41, 5.74) is 2.39. The number of hydrogen-bond donors (Lipinski definition) is 0. The van der Waals surface area contributed by atoms with E-state index >= 15 is 0 Å². The van der Waals surface area contributed by atoms with Crippen LogP contribution < -0.4 is 4.90 Å². The molecule has 1 aliphatic rings. The van der Waals surface area contributed by atoms with Crippen molar-refractivity contribution in [3.05, 3.63) is 36.2 Å². The molecule has 1 aliphatic heterocycles. The molecule has 0 saturated heterocycles. The second kappa shape index (κ2) is 7.91. The molecule has 0 amide bonds. The van der Waals surface area contributed by atoms with E-state index in [0.717, 1.165) is 29.6 Å². The van der Waals surface area contributed by atoms with Gasteiger partial charge in [0, 0.05) is 31.0 Å². The van der Waals surface area contributed by atoms with E-state index in [-0.39, 0.29) is 5.04 Å². The van der Waals surface area contributed by atoms with Gasteiger partial charge in [0.25, 0.3) is 0 Å². The fourth-order valence-electron chi connectivity index (χ4n) is 2.71. The number of hydrogen-bond acceptors (Lipinski definition) is 6. The first-order valence-electron chi connectivity index (χ1n) is 9.25. The maximum Gasteiger partial charge on any atom is 0.191 e. The molecule has 0 fully saturated rings. The van der Waals surface area contributed by atoms with Gasteiger partial charge in [0.05, 0.1) is 5.69 Å². The van der Waals surface area contributed by atoms with Crippen molar-refractivity contribution < 1.29 is 9.16 Å². The van der Waals surface area contributed by atoms with Crippen molar-refractivity contribution in [2.75, 3.05) is 25.3 Å². The highest BCUT2D eigenvalue weighted by atomic mass is 32.2. The Balaban J connectivity index is 1.78. The summed E-state index contributed by atoms with van der Waals surface area (Å²) in [6, 6.07) is 6.59. The summed E-state index contributed by atoms with van der Waals surface area (Å²) in [4.78, 5) is 12.2. The third-order valence-corrected chi connectivity index (χ3v) is 10.9. The maximum atomic E-state index is 6.35. The van der Waals surface area contributed by atoms with Gasteiger partial charge >= 0.3 is 0 Å². The second-order valence-corrected chi connectivity index (χ2v) is 14.1. The van der Waals surface area contributed by atoms with Crippen LogP contribution >= 0.6 is 11.8 Å². The number of aromatic nitrogens is 2. The molecule has 0 spiro atoms. The number of methoxy groups -OCH3 is 1. The van der Waals surface area contributed by atoms with Crippen molar-refractivity contribution in [1.82, 2.24) is 9.97 Å². The van der Waals surface area contributed by atoms with Crippen molar-refractivity contribution >= 4 is 31.6 Å². The fourth-order valence-corrected chi connectivity index (χ4v) is 4.74. The van der Waals surface area contributed by atoms with Crippen molar-refractivity contribution in [3.8, 4) is 0 Å². The van der Waals surface area contributed by atoms with Gasteiger partial charge < -0.3 is 9.16 Å². The zero-order valence-electron chi connectivity index (χ0n) is 17.1. The van der Waals surface area contributed by atoms with Gasteiger partial charge in [-0.25, -0.2) is 9.97 Å². The molecule has 0 atom stereocenters. The average molecular weight is 404 g/mol. The summed E-state index contributed by atoms with van der Waals surface area (Å²) in [7, 11) is -0.0109. The molecule has 1 aromatic heterocycles. The monoisotopic (exact) mass is 403 g/mol. The molecule has 0 saturated carbocycles. The third-order valence-electron chi connectivity index (χ3n) is 5.34. The molecule has 0 bridgehead atoms.